The minimum Gasteiger partial charge on any atom is -0.490 e. The number of unbranched alkanes of at least 4 members (excludes halogenated alkanes) is 30. The highest BCUT2D eigenvalue weighted by Gasteiger charge is 2.41. The average Bonchev–Trinajstić information content (AvgIpc) is 3.63. The zero-order chi connectivity index (χ0) is 56.3. The topological polar surface area (TPSA) is 89.5 Å². The molecule has 1 aliphatic rings. The van der Waals surface area contributed by atoms with Gasteiger partial charge in [0.2, 0.25) is 11.5 Å². The molecule has 0 aromatic heterocycles. The first-order chi connectivity index (χ1) is 38.3. The summed E-state index contributed by atoms with van der Waals surface area (Å²) in [5.74, 6) is 2.50. The van der Waals surface area contributed by atoms with E-state index in [1.807, 2.05) is 0 Å². The van der Waals surface area contributed by atoms with Crippen molar-refractivity contribution in [3.8, 4) is 34.5 Å². The van der Waals surface area contributed by atoms with Gasteiger partial charge in [-0.05, 0) is 62.5 Å². The molecule has 0 radical (unpaired) electrons. The molecule has 8 nitrogen and oxygen atoms in total. The molecule has 2 aromatic carbocycles. The zero-order valence-electron chi connectivity index (χ0n) is 52.1. The highest BCUT2D eigenvalue weighted by Crippen LogP contribution is 2.51. The number of carbonyl (C=O) groups excluding carboxylic acids is 2. The lowest BCUT2D eigenvalue weighted by atomic mass is 9.82. The molecule has 8 heteroatoms. The normalized spacial score (nSPS) is 12.9. The monoisotopic (exact) mass is 1090 g/mol. The number of fused-ring (bicyclic) bond motifs is 2. The van der Waals surface area contributed by atoms with E-state index in [0.29, 0.717) is 74.1 Å². The van der Waals surface area contributed by atoms with Crippen LogP contribution in [0.1, 0.15) is 344 Å². The van der Waals surface area contributed by atoms with Gasteiger partial charge in [-0.2, -0.15) is 0 Å². The van der Waals surface area contributed by atoms with E-state index in [1.165, 1.54) is 141 Å². The average molecular weight is 1090 g/mol. The van der Waals surface area contributed by atoms with Crippen LogP contribution in [0.3, 0.4) is 0 Å². The summed E-state index contributed by atoms with van der Waals surface area (Å²) < 4.78 is 41.1. The van der Waals surface area contributed by atoms with Gasteiger partial charge < -0.3 is 28.4 Å². The van der Waals surface area contributed by atoms with Crippen LogP contribution in [0.25, 0.3) is 0 Å². The van der Waals surface area contributed by atoms with Gasteiger partial charge in [0.05, 0.1) is 50.8 Å². The molecular weight excluding hydrogens is 969 g/mol. The minimum atomic E-state index is -0.280. The summed E-state index contributed by atoms with van der Waals surface area (Å²) in [7, 11) is 0. The quantitative estimate of drug-likeness (QED) is 0.0517. The molecule has 1 aliphatic carbocycles. The third-order valence-corrected chi connectivity index (χ3v) is 16.4. The van der Waals surface area contributed by atoms with E-state index in [9.17, 15) is 0 Å². The number of benzene rings is 2. The van der Waals surface area contributed by atoms with Crippen molar-refractivity contribution in [1.29, 1.82) is 0 Å². The summed E-state index contributed by atoms with van der Waals surface area (Å²) in [4.78, 5) is 31.6. The Hall–Kier alpha value is -3.42. The maximum absolute atomic E-state index is 15.8. The van der Waals surface area contributed by atoms with Crippen molar-refractivity contribution in [2.75, 3.05) is 39.6 Å². The first-order valence-electron chi connectivity index (χ1n) is 33.6. The van der Waals surface area contributed by atoms with Crippen LogP contribution in [0, 0.1) is 11.8 Å². The number of hydrogen-bond donors (Lipinski definition) is 0. The summed E-state index contributed by atoms with van der Waals surface area (Å²) in [6.45, 7) is 20.6. The summed E-state index contributed by atoms with van der Waals surface area (Å²) in [5.41, 5.74) is 1.06. The van der Waals surface area contributed by atoms with Gasteiger partial charge >= 0.3 is 0 Å². The van der Waals surface area contributed by atoms with Crippen molar-refractivity contribution in [2.24, 2.45) is 11.8 Å². The van der Waals surface area contributed by atoms with Crippen LogP contribution in [0.2, 0.25) is 0 Å². The Morgan fingerprint density at radius 1 is 0.295 bits per heavy atom. The molecule has 0 N–H and O–H groups in total. The number of rotatable bonds is 54. The summed E-state index contributed by atoms with van der Waals surface area (Å²) in [6, 6.07) is 3.59. The molecule has 3 rings (SSSR count). The van der Waals surface area contributed by atoms with Crippen LogP contribution in [-0.2, 0) is 0 Å². The van der Waals surface area contributed by atoms with E-state index >= 15 is 9.59 Å². The fourth-order valence-corrected chi connectivity index (χ4v) is 10.9. The second-order valence-electron chi connectivity index (χ2n) is 23.3. The van der Waals surface area contributed by atoms with E-state index < -0.39 is 0 Å². The molecule has 0 saturated carbocycles. The van der Waals surface area contributed by atoms with Crippen molar-refractivity contribution in [1.82, 2.24) is 0 Å². The van der Waals surface area contributed by atoms with E-state index in [2.05, 4.69) is 55.4 Å². The zero-order valence-corrected chi connectivity index (χ0v) is 52.1. The molecule has 0 saturated heterocycles. The number of ether oxygens (including phenoxy) is 6. The molecule has 0 aliphatic heterocycles. The van der Waals surface area contributed by atoms with Crippen molar-refractivity contribution in [3.05, 3.63) is 34.4 Å². The van der Waals surface area contributed by atoms with Gasteiger partial charge in [0.1, 0.15) is 0 Å². The Morgan fingerprint density at radius 2 is 0.551 bits per heavy atom. The van der Waals surface area contributed by atoms with Crippen LogP contribution < -0.4 is 28.4 Å². The lowest BCUT2D eigenvalue weighted by molar-refractivity contribution is 0.0965. The lowest BCUT2D eigenvalue weighted by Gasteiger charge is -2.28. The predicted octanol–water partition coefficient (Wildman–Crippen LogP) is 21.7. The molecule has 2 aromatic rings. The molecule has 2 atom stereocenters. The first-order valence-corrected chi connectivity index (χ1v) is 33.6. The van der Waals surface area contributed by atoms with Gasteiger partial charge in [-0.1, -0.05) is 274 Å². The standard InChI is InChI=1S/C70H120O8/c1-9-17-23-27-31-35-39-43-49-73-61-53-59-63(69(77-55-57(15-7)47-21-13-5)67(61)75-51-45-41-37-33-29-25-19-11-3)66(72)60-54-62(74-50-44-40-36-32-28-24-18-10-2)68(76-52-46-42-38-34-30-26-20-12-4)70(64(60)65(59)71)78-56-58(16-8)48-22-14-6/h53-54,57-58H,9-52,55-56H2,1-8H3. The summed E-state index contributed by atoms with van der Waals surface area (Å²) >= 11 is 0. The van der Waals surface area contributed by atoms with Crippen LogP contribution in [0.4, 0.5) is 0 Å². The lowest BCUT2D eigenvalue weighted by Crippen LogP contribution is -2.26. The molecule has 0 heterocycles. The second-order valence-corrected chi connectivity index (χ2v) is 23.3. The minimum absolute atomic E-state index is 0.255. The van der Waals surface area contributed by atoms with Crippen LogP contribution >= 0.6 is 0 Å². The largest absolute Gasteiger partial charge is 0.490 e. The molecule has 0 amide bonds. The fraction of sp³-hybridized carbons (Fsp3) is 0.800. The number of hydrogen-bond acceptors (Lipinski definition) is 8. The van der Waals surface area contributed by atoms with E-state index in [0.717, 1.165) is 116 Å². The van der Waals surface area contributed by atoms with Crippen molar-refractivity contribution in [2.45, 2.75) is 312 Å². The Bertz CT molecular complexity index is 1710. The molecule has 2 unspecified atom stereocenters. The van der Waals surface area contributed by atoms with Crippen molar-refractivity contribution in [3.63, 3.8) is 0 Å². The van der Waals surface area contributed by atoms with Crippen LogP contribution in [0.5, 0.6) is 34.5 Å². The Morgan fingerprint density at radius 3 is 0.821 bits per heavy atom. The second kappa shape index (κ2) is 45.2. The highest BCUT2D eigenvalue weighted by atomic mass is 16.5. The predicted molar refractivity (Wildman–Crippen MR) is 330 cm³/mol. The van der Waals surface area contributed by atoms with Gasteiger partial charge in [0.15, 0.2) is 34.6 Å². The Balaban J connectivity index is 2.21. The van der Waals surface area contributed by atoms with E-state index in [4.69, 9.17) is 28.4 Å². The third-order valence-electron chi connectivity index (χ3n) is 16.4. The van der Waals surface area contributed by atoms with E-state index in [-0.39, 0.29) is 45.7 Å². The molecule has 448 valence electrons. The molecular formula is C70H120O8. The number of ketones is 2. The fourth-order valence-electron chi connectivity index (χ4n) is 10.9. The van der Waals surface area contributed by atoms with Gasteiger partial charge in [0, 0.05) is 11.1 Å². The smallest absolute Gasteiger partial charge is 0.204 e. The molecule has 0 fully saturated rings. The maximum atomic E-state index is 15.8. The van der Waals surface area contributed by atoms with Crippen molar-refractivity contribution < 1.29 is 38.0 Å². The first kappa shape index (κ1) is 68.9. The summed E-state index contributed by atoms with van der Waals surface area (Å²) in [5, 5.41) is 0. The third kappa shape index (κ3) is 26.4. The molecule has 0 bridgehead atoms. The van der Waals surface area contributed by atoms with Gasteiger partial charge in [0.25, 0.3) is 0 Å². The van der Waals surface area contributed by atoms with Gasteiger partial charge in [-0.15, -0.1) is 0 Å². The molecule has 0 spiro atoms. The van der Waals surface area contributed by atoms with Gasteiger partial charge in [-0.3, -0.25) is 9.59 Å². The van der Waals surface area contributed by atoms with Crippen LogP contribution in [0.15, 0.2) is 12.1 Å². The summed E-state index contributed by atoms with van der Waals surface area (Å²) in [6.07, 6.45) is 46.1. The Kier molecular flexibility index (Phi) is 39.9. The highest BCUT2D eigenvalue weighted by molar-refractivity contribution is 6.31. The Labute approximate surface area is 480 Å². The van der Waals surface area contributed by atoms with Gasteiger partial charge in [-0.25, -0.2) is 0 Å². The van der Waals surface area contributed by atoms with Crippen molar-refractivity contribution >= 4 is 11.6 Å². The SMILES string of the molecule is CCCCCCCCCCOc1cc2c(c(OCC(CC)CCCC)c1OCCCCCCCCCC)C(=O)c1cc(OCCCCCCCCCC)c(OCCCCCCCCCC)c(OCC(CC)CCCC)c1C2=O. The van der Waals surface area contributed by atoms with Crippen LogP contribution in [-0.4, -0.2) is 51.2 Å². The van der Waals surface area contributed by atoms with E-state index in [1.54, 1.807) is 12.1 Å². The maximum Gasteiger partial charge on any atom is 0.204 e. The molecule has 78 heavy (non-hydrogen) atoms. The number of carbonyl (C=O) groups is 2.